The zero-order valence-corrected chi connectivity index (χ0v) is 9.64. The Balaban J connectivity index is 2.58. The van der Waals surface area contributed by atoms with Crippen LogP contribution in [0.4, 0.5) is 4.39 Å². The molecule has 92 valence electrons. The summed E-state index contributed by atoms with van der Waals surface area (Å²) in [7, 11) is 0. The minimum absolute atomic E-state index is 0.00898. The van der Waals surface area contributed by atoms with Crippen LogP contribution in [0.1, 0.15) is 15.9 Å². The van der Waals surface area contributed by atoms with Gasteiger partial charge in [0.25, 0.3) is 0 Å². The van der Waals surface area contributed by atoms with E-state index in [1.54, 1.807) is 13.0 Å². The molecule has 0 aromatic heterocycles. The van der Waals surface area contributed by atoms with E-state index in [1.807, 2.05) is 0 Å². The van der Waals surface area contributed by atoms with Crippen molar-refractivity contribution in [2.24, 2.45) is 0 Å². The number of halogens is 1. The number of hydrogen-bond donors (Lipinski definition) is 2. The van der Waals surface area contributed by atoms with Gasteiger partial charge in [0.05, 0.1) is 5.56 Å². The fourth-order valence-electron chi connectivity index (χ4n) is 1.78. The van der Waals surface area contributed by atoms with E-state index in [4.69, 9.17) is 5.11 Å². The predicted molar refractivity (Wildman–Crippen MR) is 65.2 cm³/mol. The van der Waals surface area contributed by atoms with Crippen LogP contribution in [0, 0.1) is 12.7 Å². The van der Waals surface area contributed by atoms with Crippen molar-refractivity contribution in [3.05, 3.63) is 53.3 Å². The first kappa shape index (κ1) is 12.1. The Kier molecular flexibility index (Phi) is 3.02. The third-order valence-corrected chi connectivity index (χ3v) is 2.73. The molecular formula is C14H11FO3. The second-order valence-electron chi connectivity index (χ2n) is 4.00. The van der Waals surface area contributed by atoms with Crippen molar-refractivity contribution in [1.82, 2.24) is 0 Å². The predicted octanol–water partition coefficient (Wildman–Crippen LogP) is 3.20. The van der Waals surface area contributed by atoms with Gasteiger partial charge in [-0.15, -0.1) is 0 Å². The van der Waals surface area contributed by atoms with Gasteiger partial charge in [0.15, 0.2) is 0 Å². The number of phenols is 1. The highest BCUT2D eigenvalue weighted by Gasteiger charge is 2.11. The van der Waals surface area contributed by atoms with E-state index < -0.39 is 11.8 Å². The topological polar surface area (TPSA) is 57.5 Å². The monoisotopic (exact) mass is 246 g/mol. The zero-order chi connectivity index (χ0) is 13.3. The van der Waals surface area contributed by atoms with E-state index in [0.717, 1.165) is 11.6 Å². The number of aryl methyl sites for hydroxylation is 1. The maximum atomic E-state index is 13.2. The van der Waals surface area contributed by atoms with E-state index in [9.17, 15) is 14.3 Å². The number of rotatable bonds is 2. The Bertz CT molecular complexity index is 620. The summed E-state index contributed by atoms with van der Waals surface area (Å²) in [5.74, 6) is -1.70. The SMILES string of the molecule is Cc1ccc(F)cc1-c1ccc(C(=O)O)cc1O. The number of aromatic carboxylic acids is 1. The summed E-state index contributed by atoms with van der Waals surface area (Å²) in [6.45, 7) is 1.79. The van der Waals surface area contributed by atoms with Gasteiger partial charge in [0.1, 0.15) is 11.6 Å². The molecule has 0 saturated carbocycles. The fraction of sp³-hybridized carbons (Fsp3) is 0.0714. The maximum Gasteiger partial charge on any atom is 0.335 e. The van der Waals surface area contributed by atoms with Gasteiger partial charge in [0, 0.05) is 5.56 Å². The molecule has 3 nitrogen and oxygen atoms in total. The molecule has 0 amide bonds. The van der Waals surface area contributed by atoms with Gasteiger partial charge in [-0.3, -0.25) is 0 Å². The van der Waals surface area contributed by atoms with Crippen molar-refractivity contribution in [2.45, 2.75) is 6.92 Å². The largest absolute Gasteiger partial charge is 0.507 e. The first-order valence-electron chi connectivity index (χ1n) is 5.32. The molecule has 2 aromatic rings. The molecule has 0 aliphatic heterocycles. The molecule has 0 unspecified atom stereocenters. The van der Waals surface area contributed by atoms with Gasteiger partial charge < -0.3 is 10.2 Å². The van der Waals surface area contributed by atoms with Gasteiger partial charge in [0.2, 0.25) is 0 Å². The van der Waals surface area contributed by atoms with E-state index in [2.05, 4.69) is 0 Å². The van der Waals surface area contributed by atoms with Crippen molar-refractivity contribution >= 4 is 5.97 Å². The Morgan fingerprint density at radius 1 is 1.11 bits per heavy atom. The summed E-state index contributed by atoms with van der Waals surface area (Å²) in [5, 5.41) is 18.6. The van der Waals surface area contributed by atoms with Crippen LogP contribution in [-0.4, -0.2) is 16.2 Å². The van der Waals surface area contributed by atoms with Crippen molar-refractivity contribution in [3.8, 4) is 16.9 Å². The Labute approximate surface area is 103 Å². The van der Waals surface area contributed by atoms with Gasteiger partial charge in [-0.2, -0.15) is 0 Å². The third kappa shape index (κ3) is 2.18. The standard InChI is InChI=1S/C14H11FO3/c1-8-2-4-10(15)7-12(8)11-5-3-9(14(17)18)6-13(11)16/h2-7,16H,1H3,(H,17,18). The molecule has 0 fully saturated rings. The molecule has 4 heteroatoms. The summed E-state index contributed by atoms with van der Waals surface area (Å²) < 4.78 is 13.2. The average molecular weight is 246 g/mol. The van der Waals surface area contributed by atoms with Gasteiger partial charge >= 0.3 is 5.97 Å². The number of hydrogen-bond acceptors (Lipinski definition) is 2. The molecular weight excluding hydrogens is 235 g/mol. The minimum Gasteiger partial charge on any atom is -0.507 e. The lowest BCUT2D eigenvalue weighted by Gasteiger charge is -2.09. The van der Waals surface area contributed by atoms with Crippen molar-refractivity contribution in [3.63, 3.8) is 0 Å². The number of benzene rings is 2. The minimum atomic E-state index is -1.12. The summed E-state index contributed by atoms with van der Waals surface area (Å²) >= 11 is 0. The van der Waals surface area contributed by atoms with Crippen LogP contribution in [0.15, 0.2) is 36.4 Å². The highest BCUT2D eigenvalue weighted by atomic mass is 19.1. The Morgan fingerprint density at radius 2 is 1.83 bits per heavy atom. The molecule has 0 aliphatic carbocycles. The summed E-state index contributed by atoms with van der Waals surface area (Å²) in [6, 6.07) is 8.26. The lowest BCUT2D eigenvalue weighted by Crippen LogP contribution is -1.96. The molecule has 0 saturated heterocycles. The van der Waals surface area contributed by atoms with E-state index in [1.165, 1.54) is 24.3 Å². The highest BCUT2D eigenvalue weighted by Crippen LogP contribution is 2.32. The molecule has 2 rings (SSSR count). The maximum absolute atomic E-state index is 13.2. The van der Waals surface area contributed by atoms with Crippen LogP contribution in [0.25, 0.3) is 11.1 Å². The molecule has 0 bridgehead atoms. The van der Waals surface area contributed by atoms with Crippen LogP contribution in [0.2, 0.25) is 0 Å². The number of carboxylic acids is 1. The Morgan fingerprint density at radius 3 is 2.44 bits per heavy atom. The normalized spacial score (nSPS) is 10.3. The fourth-order valence-corrected chi connectivity index (χ4v) is 1.78. The lowest BCUT2D eigenvalue weighted by atomic mass is 9.98. The number of carbonyl (C=O) groups is 1. The number of phenolic OH excluding ortho intramolecular Hbond substituents is 1. The molecule has 0 heterocycles. The van der Waals surface area contributed by atoms with E-state index >= 15 is 0 Å². The Hall–Kier alpha value is -2.36. The first-order valence-corrected chi connectivity index (χ1v) is 5.32. The molecule has 0 radical (unpaired) electrons. The van der Waals surface area contributed by atoms with Crippen LogP contribution in [0.5, 0.6) is 5.75 Å². The molecule has 18 heavy (non-hydrogen) atoms. The smallest absolute Gasteiger partial charge is 0.335 e. The zero-order valence-electron chi connectivity index (χ0n) is 9.64. The molecule has 2 aromatic carbocycles. The van der Waals surface area contributed by atoms with Crippen molar-refractivity contribution in [2.75, 3.05) is 0 Å². The molecule has 0 aliphatic rings. The molecule has 2 N–H and O–H groups in total. The van der Waals surface area contributed by atoms with E-state index in [-0.39, 0.29) is 11.3 Å². The molecule has 0 spiro atoms. The number of carboxylic acid groups (broad SMARTS) is 1. The van der Waals surface area contributed by atoms with Crippen LogP contribution in [-0.2, 0) is 0 Å². The summed E-state index contributed by atoms with van der Waals surface area (Å²) in [6.07, 6.45) is 0. The van der Waals surface area contributed by atoms with Gasteiger partial charge in [-0.25, -0.2) is 9.18 Å². The van der Waals surface area contributed by atoms with Crippen LogP contribution >= 0.6 is 0 Å². The van der Waals surface area contributed by atoms with Gasteiger partial charge in [-0.1, -0.05) is 6.07 Å². The highest BCUT2D eigenvalue weighted by molar-refractivity contribution is 5.89. The molecule has 0 atom stereocenters. The summed E-state index contributed by atoms with van der Waals surface area (Å²) in [5.41, 5.74) is 1.75. The van der Waals surface area contributed by atoms with Crippen LogP contribution in [0.3, 0.4) is 0 Å². The second kappa shape index (κ2) is 4.49. The average Bonchev–Trinajstić information content (AvgIpc) is 2.32. The first-order chi connectivity index (χ1) is 8.49. The quantitative estimate of drug-likeness (QED) is 0.855. The van der Waals surface area contributed by atoms with Gasteiger partial charge in [-0.05, 0) is 48.4 Å². The van der Waals surface area contributed by atoms with Crippen molar-refractivity contribution in [1.29, 1.82) is 0 Å². The van der Waals surface area contributed by atoms with Crippen LogP contribution < -0.4 is 0 Å². The third-order valence-electron chi connectivity index (χ3n) is 2.73. The number of aromatic hydroxyl groups is 1. The summed E-state index contributed by atoms with van der Waals surface area (Å²) in [4.78, 5) is 10.8. The lowest BCUT2D eigenvalue weighted by molar-refractivity contribution is 0.0696. The van der Waals surface area contributed by atoms with Crippen molar-refractivity contribution < 1.29 is 19.4 Å². The second-order valence-corrected chi connectivity index (χ2v) is 4.00. The van der Waals surface area contributed by atoms with E-state index in [0.29, 0.717) is 11.1 Å².